The van der Waals surface area contributed by atoms with Crippen molar-refractivity contribution in [2.75, 3.05) is 10.6 Å². The fraction of sp³-hybridized carbons (Fsp3) is 0.353. The maximum absolute atomic E-state index is 5.99. The van der Waals surface area contributed by atoms with Gasteiger partial charge >= 0.3 is 0 Å². The number of rotatable bonds is 4. The number of hydrogen-bond acceptors (Lipinski definition) is 6. The van der Waals surface area contributed by atoms with Crippen LogP contribution in [0.4, 0.5) is 17.2 Å². The standard InChI is InChI=1S/C17H21N7/c18-12-3-5-13(6-4-12)22-16-10-15(17-20-8-9-24(17)23-16)21-14-2-1-7-19-11-14/h1-2,7-13,21H,3-6,18H2,(H,22,23). The van der Waals surface area contributed by atoms with Gasteiger partial charge in [-0.3, -0.25) is 4.98 Å². The first kappa shape index (κ1) is 14.9. The second kappa shape index (κ2) is 6.45. The zero-order valence-electron chi connectivity index (χ0n) is 13.4. The Kier molecular flexibility index (Phi) is 4.00. The van der Waals surface area contributed by atoms with Gasteiger partial charge in [-0.05, 0) is 37.8 Å². The van der Waals surface area contributed by atoms with E-state index in [2.05, 4.69) is 25.7 Å². The van der Waals surface area contributed by atoms with Gasteiger partial charge in [0.2, 0.25) is 0 Å². The molecule has 0 unspecified atom stereocenters. The highest BCUT2D eigenvalue weighted by atomic mass is 15.3. The molecule has 3 heterocycles. The number of imidazole rings is 1. The van der Waals surface area contributed by atoms with Crippen LogP contribution >= 0.6 is 0 Å². The van der Waals surface area contributed by atoms with Crippen LogP contribution in [0.3, 0.4) is 0 Å². The monoisotopic (exact) mass is 323 g/mol. The third kappa shape index (κ3) is 3.16. The number of anilines is 3. The third-order valence-corrected chi connectivity index (χ3v) is 4.42. The van der Waals surface area contributed by atoms with Crippen LogP contribution in [0.15, 0.2) is 43.0 Å². The quantitative estimate of drug-likeness (QED) is 0.683. The third-order valence-electron chi connectivity index (χ3n) is 4.42. The van der Waals surface area contributed by atoms with E-state index in [0.717, 1.165) is 48.5 Å². The first-order chi connectivity index (χ1) is 11.8. The van der Waals surface area contributed by atoms with Crippen molar-refractivity contribution in [1.82, 2.24) is 19.6 Å². The van der Waals surface area contributed by atoms with Crippen molar-refractivity contribution in [1.29, 1.82) is 0 Å². The molecule has 7 nitrogen and oxygen atoms in total. The molecule has 0 atom stereocenters. The lowest BCUT2D eigenvalue weighted by Gasteiger charge is -2.27. The first-order valence-corrected chi connectivity index (χ1v) is 8.31. The Bertz CT molecular complexity index is 806. The molecule has 0 aliphatic heterocycles. The zero-order chi connectivity index (χ0) is 16.4. The van der Waals surface area contributed by atoms with Crippen LogP contribution in [-0.2, 0) is 0 Å². The van der Waals surface area contributed by atoms with E-state index in [1.807, 2.05) is 24.4 Å². The molecule has 0 radical (unpaired) electrons. The van der Waals surface area contributed by atoms with Gasteiger partial charge in [-0.25, -0.2) is 9.50 Å². The number of fused-ring (bicyclic) bond motifs is 1. The van der Waals surface area contributed by atoms with Gasteiger partial charge in [0.15, 0.2) is 5.65 Å². The van der Waals surface area contributed by atoms with Crippen molar-refractivity contribution in [3.8, 4) is 0 Å². The molecule has 124 valence electrons. The smallest absolute Gasteiger partial charge is 0.177 e. The zero-order valence-corrected chi connectivity index (χ0v) is 13.4. The summed E-state index contributed by atoms with van der Waals surface area (Å²) < 4.78 is 1.79. The minimum atomic E-state index is 0.343. The van der Waals surface area contributed by atoms with Gasteiger partial charge in [-0.2, -0.15) is 0 Å². The van der Waals surface area contributed by atoms with E-state index >= 15 is 0 Å². The molecule has 1 aliphatic rings. The normalized spacial score (nSPS) is 20.9. The number of nitrogens with one attached hydrogen (secondary N) is 2. The van der Waals surface area contributed by atoms with Crippen LogP contribution in [0.2, 0.25) is 0 Å². The molecule has 1 aliphatic carbocycles. The molecule has 24 heavy (non-hydrogen) atoms. The van der Waals surface area contributed by atoms with Gasteiger partial charge in [0.05, 0.1) is 17.6 Å². The average molecular weight is 323 g/mol. The van der Waals surface area contributed by atoms with Crippen LogP contribution < -0.4 is 16.4 Å². The highest BCUT2D eigenvalue weighted by Gasteiger charge is 2.19. The van der Waals surface area contributed by atoms with E-state index in [1.165, 1.54) is 0 Å². The number of hydrogen-bond donors (Lipinski definition) is 3. The Hall–Kier alpha value is -2.67. The molecular weight excluding hydrogens is 302 g/mol. The molecule has 0 bridgehead atoms. The van der Waals surface area contributed by atoms with E-state index in [4.69, 9.17) is 5.73 Å². The molecule has 1 saturated carbocycles. The van der Waals surface area contributed by atoms with Crippen molar-refractivity contribution in [3.63, 3.8) is 0 Å². The summed E-state index contributed by atoms with van der Waals surface area (Å²) in [5, 5.41) is 11.5. The summed E-state index contributed by atoms with van der Waals surface area (Å²) in [6.07, 6.45) is 11.4. The van der Waals surface area contributed by atoms with E-state index in [1.54, 1.807) is 23.1 Å². The highest BCUT2D eigenvalue weighted by molar-refractivity contribution is 5.75. The van der Waals surface area contributed by atoms with Crippen LogP contribution in [0.5, 0.6) is 0 Å². The Balaban J connectivity index is 1.60. The molecule has 4 rings (SSSR count). The van der Waals surface area contributed by atoms with E-state index in [-0.39, 0.29) is 0 Å². The number of nitrogens with two attached hydrogens (primary N) is 1. The van der Waals surface area contributed by atoms with Crippen molar-refractivity contribution in [2.24, 2.45) is 5.73 Å². The number of pyridine rings is 1. The summed E-state index contributed by atoms with van der Waals surface area (Å²) in [6, 6.07) is 6.64. The fourth-order valence-corrected chi connectivity index (χ4v) is 3.14. The van der Waals surface area contributed by atoms with Gasteiger partial charge in [0, 0.05) is 36.7 Å². The lowest BCUT2D eigenvalue weighted by molar-refractivity contribution is 0.410. The average Bonchev–Trinajstić information content (AvgIpc) is 3.07. The maximum Gasteiger partial charge on any atom is 0.177 e. The summed E-state index contributed by atoms with van der Waals surface area (Å²) in [5.74, 6) is 0.840. The Morgan fingerprint density at radius 2 is 2.04 bits per heavy atom. The number of aromatic nitrogens is 4. The summed E-state index contributed by atoms with van der Waals surface area (Å²) in [5.41, 5.74) is 8.60. The Morgan fingerprint density at radius 1 is 1.17 bits per heavy atom. The molecule has 3 aromatic heterocycles. The van der Waals surface area contributed by atoms with Crippen molar-refractivity contribution < 1.29 is 0 Å². The minimum absolute atomic E-state index is 0.343. The molecule has 0 spiro atoms. The summed E-state index contributed by atoms with van der Waals surface area (Å²) in [7, 11) is 0. The van der Waals surface area contributed by atoms with Crippen molar-refractivity contribution >= 4 is 22.8 Å². The first-order valence-electron chi connectivity index (χ1n) is 8.31. The molecule has 0 amide bonds. The molecule has 4 N–H and O–H groups in total. The fourth-order valence-electron chi connectivity index (χ4n) is 3.14. The molecule has 3 aromatic rings. The second-order valence-corrected chi connectivity index (χ2v) is 6.26. The Labute approximate surface area is 140 Å². The lowest BCUT2D eigenvalue weighted by atomic mass is 9.92. The minimum Gasteiger partial charge on any atom is -0.366 e. The topological polar surface area (TPSA) is 93.2 Å². The summed E-state index contributed by atoms with van der Waals surface area (Å²) in [6.45, 7) is 0. The molecule has 1 fully saturated rings. The van der Waals surface area contributed by atoms with Crippen molar-refractivity contribution in [2.45, 2.75) is 37.8 Å². The predicted molar refractivity (Wildman–Crippen MR) is 94.4 cm³/mol. The van der Waals surface area contributed by atoms with Crippen molar-refractivity contribution in [3.05, 3.63) is 43.0 Å². The van der Waals surface area contributed by atoms with E-state index in [0.29, 0.717) is 12.1 Å². The second-order valence-electron chi connectivity index (χ2n) is 6.26. The lowest BCUT2D eigenvalue weighted by Crippen LogP contribution is -2.33. The number of nitrogens with zero attached hydrogens (tertiary/aromatic N) is 4. The van der Waals surface area contributed by atoms with E-state index in [9.17, 15) is 0 Å². The molecular formula is C17H21N7. The maximum atomic E-state index is 5.99. The van der Waals surface area contributed by atoms with Gasteiger partial charge in [0.1, 0.15) is 5.82 Å². The van der Waals surface area contributed by atoms with Crippen LogP contribution in [-0.4, -0.2) is 31.7 Å². The molecule has 0 aromatic carbocycles. The van der Waals surface area contributed by atoms with Crippen LogP contribution in [0, 0.1) is 0 Å². The van der Waals surface area contributed by atoms with Crippen LogP contribution in [0.25, 0.3) is 5.65 Å². The largest absolute Gasteiger partial charge is 0.366 e. The highest BCUT2D eigenvalue weighted by Crippen LogP contribution is 2.25. The van der Waals surface area contributed by atoms with Gasteiger partial charge in [0.25, 0.3) is 0 Å². The summed E-state index contributed by atoms with van der Waals surface area (Å²) in [4.78, 5) is 8.52. The summed E-state index contributed by atoms with van der Waals surface area (Å²) >= 11 is 0. The molecule has 0 saturated heterocycles. The van der Waals surface area contributed by atoms with Gasteiger partial charge < -0.3 is 16.4 Å². The van der Waals surface area contributed by atoms with Crippen LogP contribution in [0.1, 0.15) is 25.7 Å². The van der Waals surface area contributed by atoms with Gasteiger partial charge in [-0.1, -0.05) is 0 Å². The van der Waals surface area contributed by atoms with E-state index < -0.39 is 0 Å². The predicted octanol–water partition coefficient (Wildman–Crippen LogP) is 2.55. The van der Waals surface area contributed by atoms with Gasteiger partial charge in [-0.15, -0.1) is 5.10 Å². The molecule has 7 heteroatoms. The SMILES string of the molecule is NC1CCC(Nc2cc(Nc3cccnc3)c3nccn3n2)CC1. The Morgan fingerprint density at radius 3 is 2.83 bits per heavy atom.